The van der Waals surface area contributed by atoms with Crippen LogP contribution in [0.5, 0.6) is 0 Å². The molecule has 4 heteroatoms. The van der Waals surface area contributed by atoms with E-state index in [1.165, 1.54) is 10.6 Å². The Morgan fingerprint density at radius 1 is 1.23 bits per heavy atom. The summed E-state index contributed by atoms with van der Waals surface area (Å²) < 4.78 is 0. The molecule has 0 aliphatic carbocycles. The van der Waals surface area contributed by atoms with Gasteiger partial charge in [0, 0.05) is 35.8 Å². The molecular weight excluding hydrogens is 292 g/mol. The molecule has 2 aromatic carbocycles. The quantitative estimate of drug-likeness (QED) is 0.937. The second kappa shape index (κ2) is 6.88. The number of carbonyl (C=O) groups excluding carboxylic acids is 1. The van der Waals surface area contributed by atoms with Crippen molar-refractivity contribution in [1.82, 2.24) is 5.32 Å². The molecule has 0 saturated carbocycles. The first kappa shape index (κ1) is 15.0. The third kappa shape index (κ3) is 3.28. The Labute approximate surface area is 135 Å². The van der Waals surface area contributed by atoms with Crippen LogP contribution in [-0.2, 0) is 6.54 Å². The molecule has 3 rings (SSSR count). The Morgan fingerprint density at radius 3 is 2.82 bits per heavy atom. The topological polar surface area (TPSA) is 32.3 Å². The number of anilines is 1. The Morgan fingerprint density at radius 2 is 2.05 bits per heavy atom. The zero-order chi connectivity index (χ0) is 15.4. The van der Waals surface area contributed by atoms with Crippen LogP contribution >= 0.6 is 11.8 Å². The Hall–Kier alpha value is -1.94. The van der Waals surface area contributed by atoms with Crippen LogP contribution in [0, 0.1) is 0 Å². The maximum Gasteiger partial charge on any atom is 0.251 e. The predicted molar refractivity (Wildman–Crippen MR) is 92.7 cm³/mol. The number of benzene rings is 2. The molecule has 1 N–H and O–H groups in total. The third-order valence-corrected chi connectivity index (χ3v) is 4.90. The first-order valence-electron chi connectivity index (χ1n) is 7.62. The van der Waals surface area contributed by atoms with Gasteiger partial charge in [-0.2, -0.15) is 0 Å². The zero-order valence-corrected chi connectivity index (χ0v) is 13.5. The van der Waals surface area contributed by atoms with Gasteiger partial charge in [-0.15, -0.1) is 11.8 Å². The van der Waals surface area contributed by atoms with Gasteiger partial charge in [-0.05, 0) is 30.7 Å². The number of hydrogen-bond donors (Lipinski definition) is 1. The van der Waals surface area contributed by atoms with Gasteiger partial charge in [0.25, 0.3) is 5.91 Å². The van der Waals surface area contributed by atoms with Crippen LogP contribution in [0.15, 0.2) is 53.4 Å². The highest BCUT2D eigenvalue weighted by Crippen LogP contribution is 2.35. The van der Waals surface area contributed by atoms with Crippen molar-refractivity contribution < 1.29 is 4.79 Å². The number of carbonyl (C=O) groups is 1. The molecule has 0 spiro atoms. The SMILES string of the molecule is CCN1CCSc2ccc(C(=O)NCc3ccccc3)cc21. The minimum atomic E-state index is -0.0155. The van der Waals surface area contributed by atoms with E-state index in [4.69, 9.17) is 0 Å². The van der Waals surface area contributed by atoms with E-state index < -0.39 is 0 Å². The van der Waals surface area contributed by atoms with Crippen molar-refractivity contribution in [3.63, 3.8) is 0 Å². The van der Waals surface area contributed by atoms with Crippen LogP contribution in [0.1, 0.15) is 22.8 Å². The monoisotopic (exact) mass is 312 g/mol. The lowest BCUT2D eigenvalue weighted by molar-refractivity contribution is 0.0951. The number of rotatable bonds is 4. The normalized spacial score (nSPS) is 13.6. The van der Waals surface area contributed by atoms with Gasteiger partial charge in [-0.25, -0.2) is 0 Å². The van der Waals surface area contributed by atoms with Crippen LogP contribution in [0.4, 0.5) is 5.69 Å². The summed E-state index contributed by atoms with van der Waals surface area (Å²) >= 11 is 1.87. The average Bonchev–Trinajstić information content (AvgIpc) is 2.59. The number of nitrogens with zero attached hydrogens (tertiary/aromatic N) is 1. The minimum absolute atomic E-state index is 0.0155. The van der Waals surface area contributed by atoms with Crippen LogP contribution in [0.2, 0.25) is 0 Å². The molecule has 0 aromatic heterocycles. The molecule has 114 valence electrons. The highest BCUT2D eigenvalue weighted by Gasteiger charge is 2.18. The predicted octanol–water partition coefficient (Wildman–Crippen LogP) is 3.55. The molecule has 0 radical (unpaired) electrons. The van der Waals surface area contributed by atoms with Gasteiger partial charge < -0.3 is 10.2 Å². The van der Waals surface area contributed by atoms with E-state index in [0.29, 0.717) is 6.54 Å². The molecule has 0 bridgehead atoms. The molecule has 2 aromatic rings. The van der Waals surface area contributed by atoms with Crippen molar-refractivity contribution in [2.24, 2.45) is 0 Å². The molecule has 0 fully saturated rings. The lowest BCUT2D eigenvalue weighted by Crippen LogP contribution is -2.29. The van der Waals surface area contributed by atoms with Gasteiger partial charge in [0.1, 0.15) is 0 Å². The van der Waals surface area contributed by atoms with Crippen molar-refractivity contribution in [2.45, 2.75) is 18.4 Å². The van der Waals surface area contributed by atoms with Crippen molar-refractivity contribution in [1.29, 1.82) is 0 Å². The van der Waals surface area contributed by atoms with E-state index in [0.717, 1.165) is 30.0 Å². The molecule has 1 aliphatic rings. The van der Waals surface area contributed by atoms with E-state index in [-0.39, 0.29) is 5.91 Å². The molecule has 1 amide bonds. The lowest BCUT2D eigenvalue weighted by atomic mass is 10.1. The van der Waals surface area contributed by atoms with E-state index in [2.05, 4.69) is 23.2 Å². The molecule has 22 heavy (non-hydrogen) atoms. The van der Waals surface area contributed by atoms with E-state index in [1.807, 2.05) is 54.2 Å². The summed E-state index contributed by atoms with van der Waals surface area (Å²) in [6, 6.07) is 16.0. The Kier molecular flexibility index (Phi) is 4.68. The Bertz CT molecular complexity index is 657. The summed E-state index contributed by atoms with van der Waals surface area (Å²) in [6.07, 6.45) is 0. The lowest BCUT2D eigenvalue weighted by Gasteiger charge is -2.30. The number of nitrogens with one attached hydrogen (secondary N) is 1. The molecule has 1 aliphatic heterocycles. The first-order valence-corrected chi connectivity index (χ1v) is 8.60. The Balaban J connectivity index is 1.73. The molecular formula is C18H20N2OS. The van der Waals surface area contributed by atoms with Crippen LogP contribution in [-0.4, -0.2) is 24.7 Å². The average molecular weight is 312 g/mol. The number of fused-ring (bicyclic) bond motifs is 1. The summed E-state index contributed by atoms with van der Waals surface area (Å²) in [5.74, 6) is 1.10. The molecule has 0 atom stereocenters. The van der Waals surface area contributed by atoms with Crippen molar-refractivity contribution in [3.05, 3.63) is 59.7 Å². The van der Waals surface area contributed by atoms with Gasteiger partial charge in [0.15, 0.2) is 0 Å². The fourth-order valence-corrected chi connectivity index (χ4v) is 3.65. The zero-order valence-electron chi connectivity index (χ0n) is 12.7. The molecule has 0 unspecified atom stereocenters. The van der Waals surface area contributed by atoms with E-state index >= 15 is 0 Å². The minimum Gasteiger partial charge on any atom is -0.370 e. The van der Waals surface area contributed by atoms with E-state index in [1.54, 1.807) is 0 Å². The van der Waals surface area contributed by atoms with Crippen molar-refractivity contribution in [2.75, 3.05) is 23.7 Å². The fraction of sp³-hybridized carbons (Fsp3) is 0.278. The summed E-state index contributed by atoms with van der Waals surface area (Å²) in [6.45, 7) is 4.73. The van der Waals surface area contributed by atoms with Crippen LogP contribution < -0.4 is 10.2 Å². The van der Waals surface area contributed by atoms with Crippen molar-refractivity contribution in [3.8, 4) is 0 Å². The maximum atomic E-state index is 12.4. The van der Waals surface area contributed by atoms with Gasteiger partial charge in [-0.1, -0.05) is 30.3 Å². The molecule has 0 saturated heterocycles. The summed E-state index contributed by atoms with van der Waals surface area (Å²) in [5, 5.41) is 2.99. The van der Waals surface area contributed by atoms with Crippen molar-refractivity contribution >= 4 is 23.4 Å². The smallest absolute Gasteiger partial charge is 0.251 e. The maximum absolute atomic E-state index is 12.4. The molecule has 1 heterocycles. The standard InChI is InChI=1S/C18H20N2OS/c1-2-20-10-11-22-17-9-8-15(12-16(17)20)18(21)19-13-14-6-4-3-5-7-14/h3-9,12H,2,10-11,13H2,1H3,(H,19,21). The molecule has 3 nitrogen and oxygen atoms in total. The van der Waals surface area contributed by atoms with Gasteiger partial charge in [-0.3, -0.25) is 4.79 Å². The highest BCUT2D eigenvalue weighted by atomic mass is 32.2. The van der Waals surface area contributed by atoms with Gasteiger partial charge in [0.05, 0.1) is 5.69 Å². The van der Waals surface area contributed by atoms with Crippen LogP contribution in [0.25, 0.3) is 0 Å². The number of thioether (sulfide) groups is 1. The van der Waals surface area contributed by atoms with E-state index in [9.17, 15) is 4.79 Å². The number of amides is 1. The largest absolute Gasteiger partial charge is 0.370 e. The fourth-order valence-electron chi connectivity index (χ4n) is 2.62. The highest BCUT2D eigenvalue weighted by molar-refractivity contribution is 7.99. The van der Waals surface area contributed by atoms with Gasteiger partial charge >= 0.3 is 0 Å². The van der Waals surface area contributed by atoms with Gasteiger partial charge in [0.2, 0.25) is 0 Å². The summed E-state index contributed by atoms with van der Waals surface area (Å²) in [4.78, 5) is 16.0. The second-order valence-corrected chi connectivity index (χ2v) is 6.42. The third-order valence-electron chi connectivity index (χ3n) is 3.86. The first-order chi connectivity index (χ1) is 10.8. The number of hydrogen-bond acceptors (Lipinski definition) is 3. The summed E-state index contributed by atoms with van der Waals surface area (Å²) in [5.41, 5.74) is 3.03. The summed E-state index contributed by atoms with van der Waals surface area (Å²) in [7, 11) is 0. The van der Waals surface area contributed by atoms with Crippen LogP contribution in [0.3, 0.4) is 0 Å². The second-order valence-electron chi connectivity index (χ2n) is 5.28.